The highest BCUT2D eigenvalue weighted by Gasteiger charge is 2.39. The number of aliphatic hydroxyl groups excluding tert-OH is 1. The average Bonchev–Trinajstić information content (AvgIpc) is 3.53. The number of benzene rings is 3. The van der Waals surface area contributed by atoms with Crippen molar-refractivity contribution in [1.29, 1.82) is 0 Å². The molecular formula is C35H37F5N2O6. The number of halogens is 5. The number of carbonyl (C=O) groups is 2. The first-order valence-corrected chi connectivity index (χ1v) is 15.6. The Morgan fingerprint density at radius 3 is 2.06 bits per heavy atom. The minimum atomic E-state index is -2.35. The molecule has 2 aliphatic heterocycles. The Balaban J connectivity index is 1.30. The van der Waals surface area contributed by atoms with E-state index >= 15 is 0 Å². The van der Waals surface area contributed by atoms with E-state index < -0.39 is 58.5 Å². The molecule has 2 heterocycles. The molecule has 3 aromatic carbocycles. The van der Waals surface area contributed by atoms with Crippen LogP contribution in [0, 0.1) is 29.1 Å². The zero-order valence-corrected chi connectivity index (χ0v) is 26.7. The minimum absolute atomic E-state index is 0.102. The third kappa shape index (κ3) is 8.03. The van der Waals surface area contributed by atoms with Crippen molar-refractivity contribution in [3.05, 3.63) is 105 Å². The maximum atomic E-state index is 14.1. The largest absolute Gasteiger partial charge is 0.459 e. The molecular weight excluding hydrogens is 639 g/mol. The number of amides is 1. The quantitative estimate of drug-likeness (QED) is 0.121. The summed E-state index contributed by atoms with van der Waals surface area (Å²) in [6.07, 6.45) is 0.458. The molecule has 258 valence electrons. The standard InChI is InChI=1S/C35H37F5N2O6/c1-35(2,3)48-33(45)24-5-4-14-42(24)17-23-15-25(21-10-8-20(18-43)9-11-21)47-34(46-23)22-12-6-19(7-13-22)16-41-32(44)26-27(36)29(38)31(40)30(39)28(26)37/h6-13,23-25,34,43H,4-5,14-18H2,1-3H3,(H,41,44)/t23-,24+,25+,34+/m1/s1. The number of rotatable bonds is 9. The molecule has 0 radical (unpaired) electrons. The second-order valence-electron chi connectivity index (χ2n) is 12.9. The fourth-order valence-corrected chi connectivity index (χ4v) is 5.84. The van der Waals surface area contributed by atoms with Gasteiger partial charge in [0.25, 0.3) is 5.91 Å². The number of ether oxygens (including phenoxy) is 3. The molecule has 3 aromatic rings. The molecule has 2 aliphatic rings. The zero-order chi connectivity index (χ0) is 34.7. The molecule has 0 aromatic heterocycles. The molecule has 2 saturated heterocycles. The molecule has 48 heavy (non-hydrogen) atoms. The van der Waals surface area contributed by atoms with Crippen LogP contribution in [0.15, 0.2) is 48.5 Å². The van der Waals surface area contributed by atoms with Gasteiger partial charge in [0.05, 0.1) is 18.8 Å². The summed E-state index contributed by atoms with van der Waals surface area (Å²) in [5.74, 6) is -12.9. The molecule has 13 heteroatoms. The fraction of sp³-hybridized carbons (Fsp3) is 0.429. The van der Waals surface area contributed by atoms with E-state index in [1.54, 1.807) is 24.3 Å². The Bertz CT molecular complexity index is 1600. The average molecular weight is 677 g/mol. The van der Waals surface area contributed by atoms with Crippen LogP contribution in [-0.4, -0.2) is 52.7 Å². The van der Waals surface area contributed by atoms with E-state index in [-0.39, 0.29) is 31.3 Å². The Kier molecular flexibility index (Phi) is 10.8. The van der Waals surface area contributed by atoms with Gasteiger partial charge in [-0.25, -0.2) is 22.0 Å². The predicted octanol–water partition coefficient (Wildman–Crippen LogP) is 6.16. The molecule has 5 rings (SSSR count). The number of nitrogens with zero attached hydrogens (tertiary/aromatic N) is 1. The van der Waals surface area contributed by atoms with E-state index in [2.05, 4.69) is 10.2 Å². The van der Waals surface area contributed by atoms with Gasteiger partial charge in [-0.2, -0.15) is 0 Å². The van der Waals surface area contributed by atoms with Gasteiger partial charge in [0.2, 0.25) is 5.82 Å². The smallest absolute Gasteiger partial charge is 0.323 e. The molecule has 2 fully saturated rings. The number of likely N-dealkylation sites (tertiary alicyclic amines) is 1. The summed E-state index contributed by atoms with van der Waals surface area (Å²) in [5.41, 5.74) is 0.536. The Morgan fingerprint density at radius 1 is 0.875 bits per heavy atom. The SMILES string of the molecule is CC(C)(C)OC(=O)[C@@H]1CCCN1C[C@H]1C[C@@H](c2ccc(CO)cc2)O[C@@H](c2ccc(CNC(=O)c3c(F)c(F)c(F)c(F)c3F)cc2)O1. The summed E-state index contributed by atoms with van der Waals surface area (Å²) in [6.45, 7) is 6.28. The summed E-state index contributed by atoms with van der Waals surface area (Å²) in [5, 5.41) is 11.7. The zero-order valence-electron chi connectivity index (χ0n) is 26.7. The molecule has 0 saturated carbocycles. The fourth-order valence-electron chi connectivity index (χ4n) is 5.84. The molecule has 4 atom stereocenters. The van der Waals surface area contributed by atoms with E-state index in [4.69, 9.17) is 14.2 Å². The molecule has 0 aliphatic carbocycles. The number of carbonyl (C=O) groups excluding carboxylic acids is 2. The second kappa shape index (κ2) is 14.7. The molecule has 0 bridgehead atoms. The summed E-state index contributed by atoms with van der Waals surface area (Å²) < 4.78 is 87.1. The normalized spacial score (nSPS) is 21.7. The van der Waals surface area contributed by atoms with Gasteiger partial charge < -0.3 is 24.6 Å². The van der Waals surface area contributed by atoms with Crippen LogP contribution in [0.1, 0.15) is 85.0 Å². The Morgan fingerprint density at radius 2 is 1.46 bits per heavy atom. The number of esters is 1. The first kappa shape index (κ1) is 35.4. The van der Waals surface area contributed by atoms with Crippen LogP contribution in [0.25, 0.3) is 0 Å². The van der Waals surface area contributed by atoms with Crippen LogP contribution in [0.5, 0.6) is 0 Å². The van der Waals surface area contributed by atoms with Crippen molar-refractivity contribution in [2.24, 2.45) is 0 Å². The van der Waals surface area contributed by atoms with Crippen molar-refractivity contribution in [3.63, 3.8) is 0 Å². The second-order valence-corrected chi connectivity index (χ2v) is 12.9. The lowest BCUT2D eigenvalue weighted by atomic mass is 9.99. The van der Waals surface area contributed by atoms with Crippen LogP contribution in [0.2, 0.25) is 0 Å². The van der Waals surface area contributed by atoms with Crippen molar-refractivity contribution >= 4 is 11.9 Å². The molecule has 0 unspecified atom stereocenters. The Labute approximate surface area is 274 Å². The topological polar surface area (TPSA) is 97.3 Å². The first-order chi connectivity index (χ1) is 22.8. The summed E-state index contributed by atoms with van der Waals surface area (Å²) in [7, 11) is 0. The van der Waals surface area contributed by atoms with Crippen LogP contribution in [0.3, 0.4) is 0 Å². The summed E-state index contributed by atoms with van der Waals surface area (Å²) in [6, 6.07) is 13.6. The van der Waals surface area contributed by atoms with Gasteiger partial charge in [0.15, 0.2) is 29.6 Å². The molecule has 1 amide bonds. The van der Waals surface area contributed by atoms with Crippen molar-refractivity contribution in [2.45, 2.75) is 83.3 Å². The van der Waals surface area contributed by atoms with E-state index in [1.807, 2.05) is 45.0 Å². The summed E-state index contributed by atoms with van der Waals surface area (Å²) >= 11 is 0. The molecule has 2 N–H and O–H groups in total. The predicted molar refractivity (Wildman–Crippen MR) is 163 cm³/mol. The molecule has 8 nitrogen and oxygen atoms in total. The van der Waals surface area contributed by atoms with Gasteiger partial charge in [0, 0.05) is 25.1 Å². The third-order valence-electron chi connectivity index (χ3n) is 8.24. The van der Waals surface area contributed by atoms with Crippen LogP contribution in [0.4, 0.5) is 22.0 Å². The Hall–Kier alpha value is -3.91. The lowest BCUT2D eigenvalue weighted by molar-refractivity contribution is -0.253. The van der Waals surface area contributed by atoms with E-state index in [0.29, 0.717) is 37.1 Å². The highest BCUT2D eigenvalue weighted by atomic mass is 19.2. The first-order valence-electron chi connectivity index (χ1n) is 15.6. The van der Waals surface area contributed by atoms with E-state index in [1.165, 1.54) is 0 Å². The highest BCUT2D eigenvalue weighted by molar-refractivity contribution is 5.94. The van der Waals surface area contributed by atoms with Crippen molar-refractivity contribution in [3.8, 4) is 0 Å². The lowest BCUT2D eigenvalue weighted by Crippen LogP contribution is -2.45. The van der Waals surface area contributed by atoms with Gasteiger partial charge in [-0.05, 0) is 56.8 Å². The maximum absolute atomic E-state index is 14.1. The van der Waals surface area contributed by atoms with Gasteiger partial charge in [-0.1, -0.05) is 48.5 Å². The maximum Gasteiger partial charge on any atom is 0.323 e. The minimum Gasteiger partial charge on any atom is -0.459 e. The number of hydrogen-bond acceptors (Lipinski definition) is 7. The third-order valence-corrected chi connectivity index (χ3v) is 8.24. The van der Waals surface area contributed by atoms with E-state index in [9.17, 15) is 36.6 Å². The van der Waals surface area contributed by atoms with Gasteiger partial charge >= 0.3 is 5.97 Å². The van der Waals surface area contributed by atoms with Gasteiger partial charge in [0.1, 0.15) is 17.2 Å². The monoisotopic (exact) mass is 676 g/mol. The number of aliphatic hydroxyl groups is 1. The number of hydrogen-bond donors (Lipinski definition) is 2. The van der Waals surface area contributed by atoms with Crippen molar-refractivity contribution in [2.75, 3.05) is 13.1 Å². The van der Waals surface area contributed by atoms with E-state index in [0.717, 1.165) is 17.5 Å². The van der Waals surface area contributed by atoms with Crippen molar-refractivity contribution in [1.82, 2.24) is 10.2 Å². The van der Waals surface area contributed by atoms with Crippen LogP contribution in [-0.2, 0) is 32.2 Å². The molecule has 0 spiro atoms. The summed E-state index contributed by atoms with van der Waals surface area (Å²) in [4.78, 5) is 27.4. The van der Waals surface area contributed by atoms with Crippen molar-refractivity contribution < 1.29 is 50.9 Å². The van der Waals surface area contributed by atoms with Crippen LogP contribution < -0.4 is 5.32 Å². The van der Waals surface area contributed by atoms with Gasteiger partial charge in [-0.3, -0.25) is 14.5 Å². The lowest BCUT2D eigenvalue weighted by Gasteiger charge is -2.38. The van der Waals surface area contributed by atoms with Crippen LogP contribution >= 0.6 is 0 Å². The highest BCUT2D eigenvalue weighted by Crippen LogP contribution is 2.39. The van der Waals surface area contributed by atoms with Gasteiger partial charge in [-0.15, -0.1) is 0 Å². The number of nitrogens with one attached hydrogen (secondary N) is 1.